The van der Waals surface area contributed by atoms with Gasteiger partial charge in [0, 0.05) is 18.8 Å². The SMILES string of the molecule is CCC1CCCN(C(=O)c2ccc(NC(=O)Nc3ccccc3)s2)C1. The Morgan fingerprint density at radius 2 is 1.96 bits per heavy atom. The van der Waals surface area contributed by atoms with E-state index in [9.17, 15) is 9.59 Å². The van der Waals surface area contributed by atoms with E-state index >= 15 is 0 Å². The number of carbonyl (C=O) groups is 2. The van der Waals surface area contributed by atoms with Gasteiger partial charge in [0.25, 0.3) is 5.91 Å². The van der Waals surface area contributed by atoms with Crippen molar-refractivity contribution in [3.8, 4) is 0 Å². The summed E-state index contributed by atoms with van der Waals surface area (Å²) in [5, 5.41) is 6.22. The lowest BCUT2D eigenvalue weighted by Crippen LogP contribution is -2.39. The molecule has 1 saturated heterocycles. The van der Waals surface area contributed by atoms with Gasteiger partial charge in [-0.2, -0.15) is 0 Å². The summed E-state index contributed by atoms with van der Waals surface area (Å²) in [6.45, 7) is 3.84. The number of nitrogens with one attached hydrogen (secondary N) is 2. The van der Waals surface area contributed by atoms with Crippen LogP contribution in [0.3, 0.4) is 0 Å². The first-order valence-electron chi connectivity index (χ1n) is 8.68. The number of rotatable bonds is 4. The number of likely N-dealkylation sites (tertiary alicyclic amines) is 1. The van der Waals surface area contributed by atoms with Crippen LogP contribution in [0.15, 0.2) is 42.5 Å². The molecule has 1 atom stereocenters. The summed E-state index contributed by atoms with van der Waals surface area (Å²) in [5.41, 5.74) is 0.729. The number of benzene rings is 1. The van der Waals surface area contributed by atoms with E-state index in [0.717, 1.165) is 31.6 Å². The monoisotopic (exact) mass is 357 g/mol. The second kappa shape index (κ2) is 8.16. The molecule has 25 heavy (non-hydrogen) atoms. The predicted molar refractivity (Wildman–Crippen MR) is 102 cm³/mol. The number of piperidine rings is 1. The Bertz CT molecular complexity index is 729. The number of para-hydroxylation sites is 1. The van der Waals surface area contributed by atoms with Gasteiger partial charge in [-0.15, -0.1) is 11.3 Å². The second-order valence-corrected chi connectivity index (χ2v) is 7.36. The standard InChI is InChI=1S/C19H23N3O2S/c1-2-14-7-6-12-22(13-14)18(23)16-10-11-17(25-16)21-19(24)20-15-8-4-3-5-9-15/h3-5,8-11,14H,2,6-7,12-13H2,1H3,(H2,20,21,24). The fourth-order valence-electron chi connectivity index (χ4n) is 3.05. The molecule has 2 heterocycles. The maximum atomic E-state index is 12.7. The highest BCUT2D eigenvalue weighted by atomic mass is 32.1. The zero-order valence-corrected chi connectivity index (χ0v) is 15.1. The van der Waals surface area contributed by atoms with Crippen molar-refractivity contribution in [3.63, 3.8) is 0 Å². The largest absolute Gasteiger partial charge is 0.338 e. The number of hydrogen-bond donors (Lipinski definition) is 2. The van der Waals surface area contributed by atoms with E-state index in [1.807, 2.05) is 35.2 Å². The Kier molecular flexibility index (Phi) is 5.71. The van der Waals surface area contributed by atoms with Crippen molar-refractivity contribution >= 4 is 34.0 Å². The summed E-state index contributed by atoms with van der Waals surface area (Å²) < 4.78 is 0. The molecule has 1 unspecified atom stereocenters. The number of nitrogens with zero attached hydrogens (tertiary/aromatic N) is 1. The van der Waals surface area contributed by atoms with Crippen LogP contribution in [0, 0.1) is 5.92 Å². The van der Waals surface area contributed by atoms with Crippen LogP contribution in [0.25, 0.3) is 0 Å². The summed E-state index contributed by atoms with van der Waals surface area (Å²) >= 11 is 1.32. The van der Waals surface area contributed by atoms with Gasteiger partial charge < -0.3 is 10.2 Å². The Hall–Kier alpha value is -2.34. The molecule has 1 aliphatic rings. The Balaban J connectivity index is 1.58. The normalized spacial score (nSPS) is 17.2. The molecule has 3 rings (SSSR count). The van der Waals surface area contributed by atoms with E-state index in [0.29, 0.717) is 15.8 Å². The van der Waals surface area contributed by atoms with Crippen LogP contribution >= 0.6 is 11.3 Å². The Morgan fingerprint density at radius 3 is 2.72 bits per heavy atom. The maximum absolute atomic E-state index is 12.7. The molecule has 1 aliphatic heterocycles. The Labute approximate surface area is 152 Å². The average Bonchev–Trinajstić information content (AvgIpc) is 3.10. The zero-order valence-electron chi connectivity index (χ0n) is 14.3. The lowest BCUT2D eigenvalue weighted by Gasteiger charge is -2.32. The van der Waals surface area contributed by atoms with Crippen molar-refractivity contribution < 1.29 is 9.59 Å². The van der Waals surface area contributed by atoms with Crippen LogP contribution < -0.4 is 10.6 Å². The first-order chi connectivity index (χ1) is 12.2. The lowest BCUT2D eigenvalue weighted by atomic mass is 9.95. The van der Waals surface area contributed by atoms with Crippen LogP contribution in [-0.2, 0) is 0 Å². The van der Waals surface area contributed by atoms with Gasteiger partial charge in [0.05, 0.1) is 9.88 Å². The van der Waals surface area contributed by atoms with E-state index < -0.39 is 0 Å². The highest BCUT2D eigenvalue weighted by Gasteiger charge is 2.24. The minimum absolute atomic E-state index is 0.0691. The summed E-state index contributed by atoms with van der Waals surface area (Å²) in [4.78, 5) is 27.3. The first kappa shape index (κ1) is 17.5. The molecule has 5 nitrogen and oxygen atoms in total. The number of anilines is 2. The lowest BCUT2D eigenvalue weighted by molar-refractivity contribution is 0.0676. The second-order valence-electron chi connectivity index (χ2n) is 6.28. The molecule has 132 valence electrons. The molecule has 2 aromatic rings. The van der Waals surface area contributed by atoms with Crippen molar-refractivity contribution in [2.75, 3.05) is 23.7 Å². The van der Waals surface area contributed by atoms with Gasteiger partial charge in [-0.05, 0) is 43.0 Å². The van der Waals surface area contributed by atoms with Gasteiger partial charge in [-0.25, -0.2) is 4.79 Å². The summed E-state index contributed by atoms with van der Waals surface area (Å²) in [7, 11) is 0. The van der Waals surface area contributed by atoms with E-state index in [1.165, 1.54) is 17.8 Å². The van der Waals surface area contributed by atoms with Crippen molar-refractivity contribution in [1.82, 2.24) is 4.90 Å². The fraction of sp³-hybridized carbons (Fsp3) is 0.368. The van der Waals surface area contributed by atoms with Gasteiger partial charge in [-0.1, -0.05) is 31.5 Å². The topological polar surface area (TPSA) is 61.4 Å². The summed E-state index contributed by atoms with van der Waals surface area (Å²) in [6, 6.07) is 12.5. The Morgan fingerprint density at radius 1 is 1.16 bits per heavy atom. The third-order valence-corrected chi connectivity index (χ3v) is 5.46. The summed E-state index contributed by atoms with van der Waals surface area (Å²) in [5.74, 6) is 0.673. The van der Waals surface area contributed by atoms with E-state index in [2.05, 4.69) is 17.6 Å². The van der Waals surface area contributed by atoms with Crippen molar-refractivity contribution in [1.29, 1.82) is 0 Å². The van der Waals surface area contributed by atoms with E-state index in [1.54, 1.807) is 12.1 Å². The molecule has 0 aliphatic carbocycles. The van der Waals surface area contributed by atoms with Crippen LogP contribution in [0.4, 0.5) is 15.5 Å². The molecule has 0 saturated carbocycles. The van der Waals surface area contributed by atoms with Gasteiger partial charge in [0.15, 0.2) is 0 Å². The predicted octanol–water partition coefficient (Wildman–Crippen LogP) is 4.65. The van der Waals surface area contributed by atoms with Crippen molar-refractivity contribution in [2.24, 2.45) is 5.92 Å². The smallest absolute Gasteiger partial charge is 0.324 e. The fourth-order valence-corrected chi connectivity index (χ4v) is 3.92. The molecule has 1 fully saturated rings. The van der Waals surface area contributed by atoms with Gasteiger partial charge >= 0.3 is 6.03 Å². The van der Waals surface area contributed by atoms with Crippen LogP contribution in [0.5, 0.6) is 0 Å². The summed E-state index contributed by atoms with van der Waals surface area (Å²) in [6.07, 6.45) is 3.39. The molecule has 0 radical (unpaired) electrons. The zero-order chi connectivity index (χ0) is 17.6. The van der Waals surface area contributed by atoms with E-state index in [4.69, 9.17) is 0 Å². The van der Waals surface area contributed by atoms with Gasteiger partial charge in [0.2, 0.25) is 0 Å². The molecule has 3 amide bonds. The average molecular weight is 357 g/mol. The molecule has 0 bridgehead atoms. The molecule has 2 N–H and O–H groups in total. The number of amides is 3. The first-order valence-corrected chi connectivity index (χ1v) is 9.49. The molecule has 0 spiro atoms. The molecular weight excluding hydrogens is 334 g/mol. The highest BCUT2D eigenvalue weighted by Crippen LogP contribution is 2.26. The number of carbonyl (C=O) groups excluding carboxylic acids is 2. The quantitative estimate of drug-likeness (QED) is 0.836. The highest BCUT2D eigenvalue weighted by molar-refractivity contribution is 7.18. The number of thiophene rings is 1. The maximum Gasteiger partial charge on any atom is 0.324 e. The van der Waals surface area contributed by atoms with Crippen molar-refractivity contribution in [3.05, 3.63) is 47.3 Å². The van der Waals surface area contributed by atoms with Gasteiger partial charge in [0.1, 0.15) is 0 Å². The van der Waals surface area contributed by atoms with E-state index in [-0.39, 0.29) is 11.9 Å². The molecule has 1 aromatic carbocycles. The minimum Gasteiger partial charge on any atom is -0.338 e. The molecule has 1 aromatic heterocycles. The minimum atomic E-state index is -0.309. The van der Waals surface area contributed by atoms with Gasteiger partial charge in [-0.3, -0.25) is 10.1 Å². The third kappa shape index (κ3) is 4.60. The molecule has 6 heteroatoms. The van der Waals surface area contributed by atoms with Crippen LogP contribution in [0.1, 0.15) is 35.9 Å². The third-order valence-electron chi connectivity index (χ3n) is 4.47. The number of hydrogen-bond acceptors (Lipinski definition) is 3. The van der Waals surface area contributed by atoms with Crippen LogP contribution in [0.2, 0.25) is 0 Å². The van der Waals surface area contributed by atoms with Crippen molar-refractivity contribution in [2.45, 2.75) is 26.2 Å². The van der Waals surface area contributed by atoms with Crippen LogP contribution in [-0.4, -0.2) is 29.9 Å². The molecular formula is C19H23N3O2S. The number of urea groups is 1.